The van der Waals surface area contributed by atoms with Crippen LogP contribution in [0.4, 0.5) is 4.79 Å². The van der Waals surface area contributed by atoms with Crippen molar-refractivity contribution in [3.8, 4) is 0 Å². The van der Waals surface area contributed by atoms with Crippen LogP contribution in [0.25, 0.3) is 0 Å². The van der Waals surface area contributed by atoms with Crippen molar-refractivity contribution in [2.45, 2.75) is 31.8 Å². The third-order valence-electron chi connectivity index (χ3n) is 4.53. The maximum absolute atomic E-state index is 12.4. The van der Waals surface area contributed by atoms with E-state index in [1.54, 1.807) is 30.3 Å². The SMILES string of the molecule is Cc1nnc(CN2CCC3(CC2)C(=O)N(C)C(=O)N3C)s1. The number of carbonyl (C=O) groups is 2. The molecule has 8 heteroatoms. The van der Waals surface area contributed by atoms with E-state index in [9.17, 15) is 9.59 Å². The van der Waals surface area contributed by atoms with Gasteiger partial charge in [0.25, 0.3) is 5.91 Å². The van der Waals surface area contributed by atoms with E-state index in [0.29, 0.717) is 12.8 Å². The lowest BCUT2D eigenvalue weighted by atomic mass is 9.86. The van der Waals surface area contributed by atoms with E-state index in [-0.39, 0.29) is 11.9 Å². The summed E-state index contributed by atoms with van der Waals surface area (Å²) in [6.45, 7) is 4.29. The number of aryl methyl sites for hydroxylation is 1. The Morgan fingerprint density at radius 2 is 1.86 bits per heavy atom. The van der Waals surface area contributed by atoms with Crippen LogP contribution in [0.5, 0.6) is 0 Å². The van der Waals surface area contributed by atoms with E-state index in [2.05, 4.69) is 15.1 Å². The summed E-state index contributed by atoms with van der Waals surface area (Å²) in [6, 6.07) is -0.201. The summed E-state index contributed by atoms with van der Waals surface area (Å²) in [7, 11) is 3.29. The fraction of sp³-hybridized carbons (Fsp3) is 0.692. The minimum absolute atomic E-state index is 0.0681. The van der Waals surface area contributed by atoms with Crippen molar-refractivity contribution in [1.29, 1.82) is 0 Å². The molecule has 2 fully saturated rings. The van der Waals surface area contributed by atoms with Crippen LogP contribution in [-0.2, 0) is 11.3 Å². The second kappa shape index (κ2) is 5.03. The highest BCUT2D eigenvalue weighted by Gasteiger charge is 2.55. The molecule has 7 nitrogen and oxygen atoms in total. The summed E-state index contributed by atoms with van der Waals surface area (Å²) >= 11 is 1.60. The number of likely N-dealkylation sites (tertiary alicyclic amines) is 1. The number of likely N-dealkylation sites (N-methyl/N-ethyl adjacent to an activating group) is 2. The highest BCUT2D eigenvalue weighted by Crippen LogP contribution is 2.35. The van der Waals surface area contributed by atoms with Crippen LogP contribution in [0.15, 0.2) is 0 Å². The number of urea groups is 1. The van der Waals surface area contributed by atoms with E-state index >= 15 is 0 Å². The Kier molecular flexibility index (Phi) is 3.45. The van der Waals surface area contributed by atoms with Crippen molar-refractivity contribution >= 4 is 23.3 Å². The Balaban J connectivity index is 1.67. The molecular formula is C13H19N5O2S. The zero-order chi connectivity index (χ0) is 15.2. The van der Waals surface area contributed by atoms with Gasteiger partial charge in [0.1, 0.15) is 15.6 Å². The van der Waals surface area contributed by atoms with Gasteiger partial charge >= 0.3 is 6.03 Å². The molecule has 0 unspecified atom stereocenters. The molecule has 3 amide bonds. The zero-order valence-corrected chi connectivity index (χ0v) is 13.3. The molecular weight excluding hydrogens is 290 g/mol. The Hall–Kier alpha value is -1.54. The summed E-state index contributed by atoms with van der Waals surface area (Å²) in [5.41, 5.74) is -0.640. The molecule has 114 valence electrons. The number of imide groups is 1. The summed E-state index contributed by atoms with van der Waals surface area (Å²) < 4.78 is 0. The van der Waals surface area contributed by atoms with Gasteiger partial charge in [-0.15, -0.1) is 21.5 Å². The second-order valence-electron chi connectivity index (χ2n) is 5.73. The molecule has 0 bridgehead atoms. The molecule has 0 aliphatic carbocycles. The lowest BCUT2D eigenvalue weighted by molar-refractivity contribution is -0.134. The number of aromatic nitrogens is 2. The summed E-state index contributed by atoms with van der Waals surface area (Å²) in [4.78, 5) is 29.5. The van der Waals surface area contributed by atoms with Crippen LogP contribution in [0.2, 0.25) is 0 Å². The molecule has 21 heavy (non-hydrogen) atoms. The molecule has 3 rings (SSSR count). The number of hydrogen-bond acceptors (Lipinski definition) is 6. The van der Waals surface area contributed by atoms with Gasteiger partial charge in [-0.2, -0.15) is 0 Å². The van der Waals surface area contributed by atoms with Crippen molar-refractivity contribution in [1.82, 2.24) is 24.9 Å². The van der Waals surface area contributed by atoms with Gasteiger partial charge in [0, 0.05) is 27.2 Å². The molecule has 1 spiro atoms. The predicted octanol–water partition coefficient (Wildman–Crippen LogP) is 0.705. The fourth-order valence-corrected chi connectivity index (χ4v) is 3.93. The van der Waals surface area contributed by atoms with Crippen molar-refractivity contribution in [2.24, 2.45) is 0 Å². The lowest BCUT2D eigenvalue weighted by Gasteiger charge is -2.40. The first-order chi connectivity index (χ1) is 9.94. The molecule has 2 aliphatic rings. The zero-order valence-electron chi connectivity index (χ0n) is 12.5. The standard InChI is InChI=1S/C13H19N5O2S/c1-9-14-15-10(21-9)8-18-6-4-13(5-7-18)11(19)16(2)12(20)17(13)3/h4-8H2,1-3H3. The van der Waals surface area contributed by atoms with E-state index in [1.165, 1.54) is 4.90 Å². The van der Waals surface area contributed by atoms with E-state index in [1.807, 2.05) is 6.92 Å². The van der Waals surface area contributed by atoms with E-state index in [0.717, 1.165) is 29.6 Å². The molecule has 0 N–H and O–H groups in total. The summed E-state index contributed by atoms with van der Waals surface area (Å²) in [5.74, 6) is -0.0681. The highest BCUT2D eigenvalue weighted by atomic mass is 32.1. The van der Waals surface area contributed by atoms with Gasteiger partial charge in [-0.25, -0.2) is 4.79 Å². The first kappa shape index (κ1) is 14.4. The monoisotopic (exact) mass is 309 g/mol. The van der Waals surface area contributed by atoms with Crippen LogP contribution in [0, 0.1) is 6.92 Å². The number of rotatable bonds is 2. The van der Waals surface area contributed by atoms with Crippen LogP contribution < -0.4 is 0 Å². The highest BCUT2D eigenvalue weighted by molar-refractivity contribution is 7.11. The second-order valence-corrected chi connectivity index (χ2v) is 6.99. The minimum Gasteiger partial charge on any atom is -0.312 e. The quantitative estimate of drug-likeness (QED) is 0.752. The van der Waals surface area contributed by atoms with Gasteiger partial charge in [0.05, 0.1) is 6.54 Å². The van der Waals surface area contributed by atoms with E-state index < -0.39 is 5.54 Å². The normalized spacial score (nSPS) is 22.6. The molecule has 0 saturated carbocycles. The number of hydrogen-bond donors (Lipinski definition) is 0. The molecule has 0 aromatic carbocycles. The Morgan fingerprint density at radius 1 is 1.19 bits per heavy atom. The molecule has 1 aromatic heterocycles. The third-order valence-corrected chi connectivity index (χ3v) is 5.35. The van der Waals surface area contributed by atoms with Crippen LogP contribution in [0.3, 0.4) is 0 Å². The van der Waals surface area contributed by atoms with Crippen LogP contribution >= 0.6 is 11.3 Å². The van der Waals surface area contributed by atoms with Crippen molar-refractivity contribution in [2.75, 3.05) is 27.2 Å². The van der Waals surface area contributed by atoms with Gasteiger partial charge in [-0.1, -0.05) is 0 Å². The first-order valence-electron chi connectivity index (χ1n) is 7.01. The van der Waals surface area contributed by atoms with Crippen molar-refractivity contribution in [3.05, 3.63) is 10.0 Å². The number of piperidine rings is 1. The van der Waals surface area contributed by atoms with Crippen molar-refractivity contribution in [3.63, 3.8) is 0 Å². The lowest BCUT2D eigenvalue weighted by Crippen LogP contribution is -2.55. The predicted molar refractivity (Wildman–Crippen MR) is 77.8 cm³/mol. The van der Waals surface area contributed by atoms with Crippen LogP contribution in [-0.4, -0.2) is 69.6 Å². The molecule has 2 aliphatic heterocycles. The first-order valence-corrected chi connectivity index (χ1v) is 7.83. The van der Waals surface area contributed by atoms with Gasteiger partial charge in [0.15, 0.2) is 0 Å². The number of nitrogens with zero attached hydrogens (tertiary/aromatic N) is 5. The van der Waals surface area contributed by atoms with Gasteiger partial charge in [0.2, 0.25) is 0 Å². The smallest absolute Gasteiger partial charge is 0.312 e. The molecule has 1 aromatic rings. The molecule has 0 atom stereocenters. The van der Waals surface area contributed by atoms with Gasteiger partial charge in [-0.3, -0.25) is 14.6 Å². The Labute approximate surface area is 127 Å². The number of amides is 3. The number of carbonyl (C=O) groups excluding carboxylic acids is 2. The summed E-state index contributed by atoms with van der Waals surface area (Å²) in [5, 5.41) is 10.1. The van der Waals surface area contributed by atoms with Crippen LogP contribution in [0.1, 0.15) is 22.9 Å². The topological polar surface area (TPSA) is 69.6 Å². The maximum Gasteiger partial charge on any atom is 0.327 e. The maximum atomic E-state index is 12.4. The summed E-state index contributed by atoms with van der Waals surface area (Å²) in [6.07, 6.45) is 1.35. The van der Waals surface area contributed by atoms with Gasteiger partial charge in [-0.05, 0) is 19.8 Å². The molecule has 0 radical (unpaired) electrons. The van der Waals surface area contributed by atoms with Crippen molar-refractivity contribution < 1.29 is 9.59 Å². The average Bonchev–Trinajstić information content (AvgIpc) is 2.95. The van der Waals surface area contributed by atoms with Gasteiger partial charge < -0.3 is 4.90 Å². The fourth-order valence-electron chi connectivity index (χ4n) is 3.17. The Morgan fingerprint density at radius 3 is 2.33 bits per heavy atom. The molecule has 3 heterocycles. The largest absolute Gasteiger partial charge is 0.327 e. The minimum atomic E-state index is -0.640. The molecule has 2 saturated heterocycles. The third kappa shape index (κ3) is 2.22. The Bertz CT molecular complexity index is 579. The average molecular weight is 309 g/mol. The van der Waals surface area contributed by atoms with E-state index in [4.69, 9.17) is 0 Å².